The number of nitrogens with two attached hydrogens (primary N) is 2. The van der Waals surface area contributed by atoms with Gasteiger partial charge in [-0.3, -0.25) is 19.2 Å². The number of carbonyl (C=O) groups excluding carboxylic acids is 4. The van der Waals surface area contributed by atoms with E-state index in [4.69, 9.17) is 16.6 Å². The minimum atomic E-state index is -1.54. The predicted molar refractivity (Wildman–Crippen MR) is 88.3 cm³/mol. The second kappa shape index (κ2) is 11.0. The highest BCUT2D eigenvalue weighted by Crippen LogP contribution is 1.99. The summed E-state index contributed by atoms with van der Waals surface area (Å²) in [6.45, 7) is 1.98. The molecule has 0 aromatic rings. The van der Waals surface area contributed by atoms with Gasteiger partial charge in [0.2, 0.25) is 23.6 Å². The molecule has 4 atom stereocenters. The fourth-order valence-corrected chi connectivity index (χ4v) is 1.76. The third-order valence-electron chi connectivity index (χ3n) is 3.21. The average Bonchev–Trinajstić information content (AvgIpc) is 2.52. The predicted octanol–water partition coefficient (Wildman–Crippen LogP) is -3.85. The van der Waals surface area contributed by atoms with Crippen molar-refractivity contribution in [2.45, 2.75) is 50.9 Å². The molecule has 0 fully saturated rings. The summed E-state index contributed by atoms with van der Waals surface area (Å²) in [5, 5.41) is 24.7. The molecule has 9 N–H and O–H groups in total. The monoisotopic (exact) mass is 375 g/mol. The zero-order valence-electron chi connectivity index (χ0n) is 14.5. The lowest BCUT2D eigenvalue weighted by Gasteiger charge is -2.20. The van der Waals surface area contributed by atoms with Gasteiger partial charge in [-0.1, -0.05) is 0 Å². The Morgan fingerprint density at radius 3 is 2.04 bits per heavy atom. The highest BCUT2D eigenvalue weighted by atomic mass is 16.4. The molecule has 0 bridgehead atoms. The number of primary amides is 1. The van der Waals surface area contributed by atoms with E-state index in [0.29, 0.717) is 0 Å². The van der Waals surface area contributed by atoms with Gasteiger partial charge in [-0.25, -0.2) is 4.79 Å². The molecule has 148 valence electrons. The Hall–Kier alpha value is -2.73. The van der Waals surface area contributed by atoms with Crippen molar-refractivity contribution in [2.24, 2.45) is 11.5 Å². The van der Waals surface area contributed by atoms with Gasteiger partial charge in [0.05, 0.1) is 18.7 Å². The summed E-state index contributed by atoms with van der Waals surface area (Å²) in [5.74, 6) is -4.41. The van der Waals surface area contributed by atoms with Gasteiger partial charge in [0, 0.05) is 6.42 Å². The van der Waals surface area contributed by atoms with Crippen molar-refractivity contribution in [2.75, 3.05) is 6.54 Å². The summed E-state index contributed by atoms with van der Waals surface area (Å²) in [4.78, 5) is 57.2. The van der Waals surface area contributed by atoms with Crippen molar-refractivity contribution in [1.29, 1.82) is 0 Å². The molecular weight excluding hydrogens is 350 g/mol. The first-order valence-electron chi connectivity index (χ1n) is 7.77. The number of aliphatic carboxylic acids is 1. The van der Waals surface area contributed by atoms with Gasteiger partial charge in [-0.15, -0.1) is 0 Å². The minimum Gasteiger partial charge on any atom is -0.480 e. The lowest BCUT2D eigenvalue weighted by molar-refractivity contribution is -0.144. The maximum absolute atomic E-state index is 12.1. The van der Waals surface area contributed by atoms with Crippen molar-refractivity contribution < 1.29 is 34.2 Å². The van der Waals surface area contributed by atoms with Gasteiger partial charge in [0.1, 0.15) is 6.04 Å². The van der Waals surface area contributed by atoms with Crippen molar-refractivity contribution in [3.05, 3.63) is 0 Å². The molecule has 26 heavy (non-hydrogen) atoms. The number of aliphatic hydroxyl groups is 1. The lowest BCUT2D eigenvalue weighted by atomic mass is 10.1. The Labute approximate surface area is 149 Å². The molecule has 0 aromatic heterocycles. The number of rotatable bonds is 11. The van der Waals surface area contributed by atoms with Gasteiger partial charge in [0.15, 0.2) is 6.04 Å². The van der Waals surface area contributed by atoms with E-state index < -0.39 is 60.4 Å². The second-order valence-corrected chi connectivity index (χ2v) is 5.70. The van der Waals surface area contributed by atoms with Crippen LogP contribution in [0.25, 0.3) is 0 Å². The van der Waals surface area contributed by atoms with E-state index in [0.717, 1.165) is 0 Å². The molecule has 0 aliphatic carbocycles. The molecule has 0 radical (unpaired) electrons. The topological polar surface area (TPSA) is 214 Å². The van der Waals surface area contributed by atoms with E-state index in [-0.39, 0.29) is 12.8 Å². The number of hydrogen-bond acceptors (Lipinski definition) is 7. The maximum Gasteiger partial charge on any atom is 0.328 e. The van der Waals surface area contributed by atoms with Crippen LogP contribution in [0.5, 0.6) is 0 Å². The Bertz CT molecular complexity index is 550. The molecule has 0 aliphatic rings. The molecule has 0 aliphatic heterocycles. The van der Waals surface area contributed by atoms with E-state index >= 15 is 0 Å². The molecule has 0 rings (SSSR count). The molecular formula is C14H25N5O7. The molecule has 0 saturated carbocycles. The van der Waals surface area contributed by atoms with Crippen LogP contribution >= 0.6 is 0 Å². The first-order chi connectivity index (χ1) is 12.0. The molecule has 0 heterocycles. The summed E-state index contributed by atoms with van der Waals surface area (Å²) >= 11 is 0. The minimum absolute atomic E-state index is 0.104. The van der Waals surface area contributed by atoms with E-state index in [1.54, 1.807) is 0 Å². The van der Waals surface area contributed by atoms with Gasteiger partial charge in [0.25, 0.3) is 0 Å². The molecule has 0 spiro atoms. The van der Waals surface area contributed by atoms with Crippen LogP contribution in [0.4, 0.5) is 0 Å². The first-order valence-corrected chi connectivity index (χ1v) is 7.77. The molecule has 12 nitrogen and oxygen atoms in total. The maximum atomic E-state index is 12.1. The number of nitrogens with one attached hydrogen (secondary N) is 3. The smallest absolute Gasteiger partial charge is 0.328 e. The molecule has 4 unspecified atom stereocenters. The van der Waals surface area contributed by atoms with Crippen molar-refractivity contribution in [3.63, 3.8) is 0 Å². The fourth-order valence-electron chi connectivity index (χ4n) is 1.76. The number of hydrogen-bond donors (Lipinski definition) is 7. The highest BCUT2D eigenvalue weighted by Gasteiger charge is 2.26. The standard InChI is InChI=1S/C14H25N5O7/c1-6(15)12(23)18-8(3-4-9(16)21)13(24)17-5-10(22)19-11(7(2)20)14(25)26/h6-8,11,20H,3-5,15H2,1-2H3,(H2,16,21)(H,17,24)(H,18,23)(H,19,22)(H,25,26). The number of carboxylic acids is 1. The molecule has 12 heteroatoms. The van der Waals surface area contributed by atoms with E-state index in [1.165, 1.54) is 13.8 Å². The zero-order valence-corrected chi connectivity index (χ0v) is 14.5. The van der Waals surface area contributed by atoms with Crippen LogP contribution in [0.1, 0.15) is 26.7 Å². The molecule has 0 aromatic carbocycles. The SMILES string of the molecule is CC(N)C(=O)NC(CCC(N)=O)C(=O)NCC(=O)NC(C(=O)O)C(C)O. The quantitative estimate of drug-likeness (QED) is 0.189. The summed E-state index contributed by atoms with van der Waals surface area (Å²) in [5.41, 5.74) is 10.4. The Morgan fingerprint density at radius 1 is 1.04 bits per heavy atom. The second-order valence-electron chi connectivity index (χ2n) is 5.70. The third-order valence-corrected chi connectivity index (χ3v) is 3.21. The Balaban J connectivity index is 4.76. The van der Waals surface area contributed by atoms with E-state index in [2.05, 4.69) is 10.6 Å². The van der Waals surface area contributed by atoms with Crippen molar-refractivity contribution >= 4 is 29.6 Å². The van der Waals surface area contributed by atoms with Crippen LogP contribution in [0.3, 0.4) is 0 Å². The van der Waals surface area contributed by atoms with Gasteiger partial charge in [-0.2, -0.15) is 0 Å². The van der Waals surface area contributed by atoms with Crippen molar-refractivity contribution in [3.8, 4) is 0 Å². The highest BCUT2D eigenvalue weighted by molar-refractivity contribution is 5.92. The lowest BCUT2D eigenvalue weighted by Crippen LogP contribution is -2.54. The summed E-state index contributed by atoms with van der Waals surface area (Å²) in [6.07, 6.45) is -1.64. The largest absolute Gasteiger partial charge is 0.480 e. The van der Waals surface area contributed by atoms with Gasteiger partial charge >= 0.3 is 5.97 Å². The average molecular weight is 375 g/mol. The van der Waals surface area contributed by atoms with Gasteiger partial charge in [-0.05, 0) is 20.3 Å². The summed E-state index contributed by atoms with van der Waals surface area (Å²) < 4.78 is 0. The fraction of sp³-hybridized carbons (Fsp3) is 0.643. The first kappa shape index (κ1) is 23.3. The van der Waals surface area contributed by atoms with Crippen molar-refractivity contribution in [1.82, 2.24) is 16.0 Å². The zero-order chi connectivity index (χ0) is 20.4. The van der Waals surface area contributed by atoms with Gasteiger partial charge < -0.3 is 37.6 Å². The van der Waals surface area contributed by atoms with E-state index in [9.17, 15) is 29.1 Å². The summed E-state index contributed by atoms with van der Waals surface area (Å²) in [7, 11) is 0. The number of carbonyl (C=O) groups is 5. The third kappa shape index (κ3) is 8.94. The summed E-state index contributed by atoms with van der Waals surface area (Å²) in [6, 6.07) is -3.59. The van der Waals surface area contributed by atoms with Crippen LogP contribution in [-0.2, 0) is 24.0 Å². The number of amides is 4. The Morgan fingerprint density at radius 2 is 1.62 bits per heavy atom. The number of aliphatic hydroxyl groups excluding tert-OH is 1. The molecule has 4 amide bonds. The molecule has 0 saturated heterocycles. The van der Waals surface area contributed by atoms with Crippen LogP contribution < -0.4 is 27.4 Å². The van der Waals surface area contributed by atoms with Crippen LogP contribution in [0.2, 0.25) is 0 Å². The Kier molecular flexibility index (Phi) is 9.84. The van der Waals surface area contributed by atoms with Crippen LogP contribution in [0, 0.1) is 0 Å². The van der Waals surface area contributed by atoms with Crippen LogP contribution in [-0.4, -0.2) is 70.6 Å². The van der Waals surface area contributed by atoms with E-state index in [1.807, 2.05) is 5.32 Å². The normalized spacial score (nSPS) is 15.1. The van der Waals surface area contributed by atoms with Crippen LogP contribution in [0.15, 0.2) is 0 Å². The number of carboxylic acid groups (broad SMARTS) is 1.